The van der Waals surface area contributed by atoms with Gasteiger partial charge in [0.1, 0.15) is 17.5 Å². The first-order valence-corrected chi connectivity index (χ1v) is 8.33. The van der Waals surface area contributed by atoms with E-state index in [1.807, 2.05) is 0 Å². The maximum absolute atomic E-state index is 10.5. The van der Waals surface area contributed by atoms with E-state index in [-0.39, 0.29) is 11.5 Å². The van der Waals surface area contributed by atoms with Gasteiger partial charge in [-0.2, -0.15) is 0 Å². The molecule has 0 spiro atoms. The molecule has 2 N–H and O–H groups in total. The van der Waals surface area contributed by atoms with Crippen LogP contribution < -0.4 is 0 Å². The van der Waals surface area contributed by atoms with Crippen LogP contribution in [0.15, 0.2) is 0 Å². The summed E-state index contributed by atoms with van der Waals surface area (Å²) in [5.41, 5.74) is 0. The van der Waals surface area contributed by atoms with Gasteiger partial charge in [0.2, 0.25) is 0 Å². The molecule has 0 aliphatic carbocycles. The molecule has 4 nitrogen and oxygen atoms in total. The standard InChI is InChI=1S/C4H10O4S4/c5-11(6,9)3-1-2-4-12(7,8)10/h1-4H2,(H,5,6,9)(H,7,8,10). The van der Waals surface area contributed by atoms with Crippen molar-refractivity contribution in [1.82, 2.24) is 0 Å². The highest BCUT2D eigenvalue weighted by Crippen LogP contribution is 1.97. The summed E-state index contributed by atoms with van der Waals surface area (Å²) in [6.45, 7) is 0. The molecule has 0 rings (SSSR count). The van der Waals surface area contributed by atoms with E-state index in [9.17, 15) is 8.42 Å². The lowest BCUT2D eigenvalue weighted by molar-refractivity contribution is 0.551. The molecule has 0 heterocycles. The second-order valence-electron chi connectivity index (χ2n) is 2.28. The largest absolute Gasteiger partial charge is 0.306 e. The Bertz CT molecular complexity index is 279. The fraction of sp³-hybridized carbons (Fsp3) is 1.00. The Labute approximate surface area is 81.7 Å². The molecule has 0 aromatic carbocycles. The first-order chi connectivity index (χ1) is 5.21. The van der Waals surface area contributed by atoms with E-state index in [2.05, 4.69) is 22.4 Å². The summed E-state index contributed by atoms with van der Waals surface area (Å²) in [4.78, 5) is 0. The van der Waals surface area contributed by atoms with Crippen LogP contribution in [0.5, 0.6) is 0 Å². The van der Waals surface area contributed by atoms with E-state index in [1.54, 1.807) is 0 Å². The van der Waals surface area contributed by atoms with Crippen LogP contribution in [0.4, 0.5) is 0 Å². The molecule has 0 bridgehead atoms. The van der Waals surface area contributed by atoms with Crippen LogP contribution in [0.25, 0.3) is 0 Å². The van der Waals surface area contributed by atoms with Gasteiger partial charge in [0.05, 0.1) is 0 Å². The predicted octanol–water partition coefficient (Wildman–Crippen LogP) is 0.205. The zero-order valence-corrected chi connectivity index (χ0v) is 9.44. The van der Waals surface area contributed by atoms with Crippen molar-refractivity contribution in [2.45, 2.75) is 12.8 Å². The molecule has 0 aromatic rings. The summed E-state index contributed by atoms with van der Waals surface area (Å²) in [6, 6.07) is 0. The highest BCUT2D eigenvalue weighted by molar-refractivity contribution is 8.30. The molecule has 2 unspecified atom stereocenters. The van der Waals surface area contributed by atoms with Crippen molar-refractivity contribution in [1.29, 1.82) is 0 Å². The normalized spacial score (nSPS) is 21.2. The third kappa shape index (κ3) is 10.7. The van der Waals surface area contributed by atoms with Crippen molar-refractivity contribution < 1.29 is 17.5 Å². The summed E-state index contributed by atoms with van der Waals surface area (Å²) in [6.07, 6.45) is 0.708. The zero-order valence-electron chi connectivity index (χ0n) is 6.17. The maximum Gasteiger partial charge on any atom is 0.141 e. The lowest BCUT2D eigenvalue weighted by atomic mass is 10.4. The minimum Gasteiger partial charge on any atom is -0.306 e. The van der Waals surface area contributed by atoms with E-state index >= 15 is 0 Å². The number of hydrogen-bond acceptors (Lipinski definition) is 4. The van der Waals surface area contributed by atoms with Gasteiger partial charge in [0.25, 0.3) is 0 Å². The molecule has 0 saturated heterocycles. The summed E-state index contributed by atoms with van der Waals surface area (Å²) in [5, 5.41) is 0. The SMILES string of the molecule is O=S(O)(=S)CCCCS(=O)(O)=S. The third-order valence-electron chi connectivity index (χ3n) is 1.05. The smallest absolute Gasteiger partial charge is 0.141 e. The molecule has 0 amide bonds. The van der Waals surface area contributed by atoms with Crippen molar-refractivity contribution >= 4 is 39.9 Å². The van der Waals surface area contributed by atoms with Crippen LogP contribution >= 0.6 is 0 Å². The second kappa shape index (κ2) is 4.77. The molecule has 0 aliphatic heterocycles. The van der Waals surface area contributed by atoms with Crippen molar-refractivity contribution in [3.63, 3.8) is 0 Å². The van der Waals surface area contributed by atoms with Crippen molar-refractivity contribution in [2.75, 3.05) is 11.5 Å². The minimum absolute atomic E-state index is 0.0206. The van der Waals surface area contributed by atoms with E-state index in [4.69, 9.17) is 9.11 Å². The molecular weight excluding hydrogens is 240 g/mol. The Morgan fingerprint density at radius 1 is 0.917 bits per heavy atom. The van der Waals surface area contributed by atoms with Crippen LogP contribution in [0.2, 0.25) is 0 Å². The van der Waals surface area contributed by atoms with Crippen LogP contribution in [0, 0.1) is 0 Å². The Kier molecular flexibility index (Phi) is 5.04. The summed E-state index contributed by atoms with van der Waals surface area (Å²) < 4.78 is 38.3. The molecule has 0 aliphatic rings. The van der Waals surface area contributed by atoms with Gasteiger partial charge in [-0.15, -0.1) is 0 Å². The highest BCUT2D eigenvalue weighted by Gasteiger charge is 2.03. The molecule has 0 fully saturated rings. The van der Waals surface area contributed by atoms with Crippen LogP contribution in [-0.4, -0.2) is 29.0 Å². The zero-order chi connectivity index (χ0) is 9.83. The fourth-order valence-corrected chi connectivity index (χ4v) is 2.41. The van der Waals surface area contributed by atoms with Crippen LogP contribution in [0.1, 0.15) is 12.8 Å². The average Bonchev–Trinajstić information content (AvgIpc) is 1.76. The van der Waals surface area contributed by atoms with Gasteiger partial charge in [0, 0.05) is 33.9 Å². The fourth-order valence-electron chi connectivity index (χ4n) is 0.569. The van der Waals surface area contributed by atoms with Crippen LogP contribution in [0.3, 0.4) is 0 Å². The summed E-state index contributed by atoms with van der Waals surface area (Å²) in [5.74, 6) is -0.0413. The lowest BCUT2D eigenvalue weighted by Crippen LogP contribution is -2.06. The van der Waals surface area contributed by atoms with Gasteiger partial charge < -0.3 is 9.11 Å². The molecule has 0 aromatic heterocycles. The lowest BCUT2D eigenvalue weighted by Gasteiger charge is -1.99. The first-order valence-electron chi connectivity index (χ1n) is 3.11. The van der Waals surface area contributed by atoms with Crippen LogP contribution in [-0.2, 0) is 39.9 Å². The topological polar surface area (TPSA) is 74.6 Å². The highest BCUT2D eigenvalue weighted by atomic mass is 32.8. The molecular formula is C4H10O4S4. The quantitative estimate of drug-likeness (QED) is 0.679. The van der Waals surface area contributed by atoms with E-state index in [0.29, 0.717) is 12.8 Å². The first kappa shape index (κ1) is 12.7. The monoisotopic (exact) mass is 250 g/mol. The van der Waals surface area contributed by atoms with E-state index in [1.165, 1.54) is 0 Å². The molecule has 0 radical (unpaired) electrons. The summed E-state index contributed by atoms with van der Waals surface area (Å²) >= 11 is 8.43. The second-order valence-corrected chi connectivity index (χ2v) is 8.55. The minimum atomic E-state index is -3.12. The number of hydrogen-bond donors (Lipinski definition) is 2. The Hall–Kier alpha value is 0.660. The van der Waals surface area contributed by atoms with E-state index < -0.39 is 17.5 Å². The summed E-state index contributed by atoms with van der Waals surface area (Å²) in [7, 11) is -6.23. The van der Waals surface area contributed by atoms with Gasteiger partial charge in [-0.05, 0) is 12.8 Å². The maximum atomic E-state index is 10.5. The Balaban J connectivity index is 3.62. The molecule has 2 atom stereocenters. The average molecular weight is 250 g/mol. The third-order valence-corrected chi connectivity index (χ3v) is 3.66. The van der Waals surface area contributed by atoms with Gasteiger partial charge in [-0.25, -0.2) is 8.42 Å². The van der Waals surface area contributed by atoms with Crippen molar-refractivity contribution in [2.24, 2.45) is 0 Å². The predicted molar refractivity (Wildman–Crippen MR) is 55.2 cm³/mol. The number of rotatable bonds is 5. The van der Waals surface area contributed by atoms with Gasteiger partial charge in [0.15, 0.2) is 0 Å². The number of unbranched alkanes of at least 4 members (excludes halogenated alkanes) is 1. The molecule has 12 heavy (non-hydrogen) atoms. The van der Waals surface area contributed by atoms with E-state index in [0.717, 1.165) is 0 Å². The van der Waals surface area contributed by atoms with Gasteiger partial charge in [-0.3, -0.25) is 0 Å². The molecule has 8 heteroatoms. The Morgan fingerprint density at radius 3 is 1.33 bits per heavy atom. The molecule has 74 valence electrons. The van der Waals surface area contributed by atoms with Gasteiger partial charge >= 0.3 is 0 Å². The molecule has 0 saturated carbocycles. The van der Waals surface area contributed by atoms with Crippen molar-refractivity contribution in [3.05, 3.63) is 0 Å². The van der Waals surface area contributed by atoms with Crippen molar-refractivity contribution in [3.8, 4) is 0 Å². The van der Waals surface area contributed by atoms with Gasteiger partial charge in [-0.1, -0.05) is 0 Å². The Morgan fingerprint density at radius 2 is 1.17 bits per heavy atom.